The lowest BCUT2D eigenvalue weighted by Gasteiger charge is -2.28. The molecule has 3 heterocycles. The molecule has 7 heteroatoms. The van der Waals surface area contributed by atoms with Crippen molar-refractivity contribution >= 4 is 5.82 Å². The Morgan fingerprint density at radius 2 is 1.91 bits per heavy atom. The van der Waals surface area contributed by atoms with E-state index in [4.69, 9.17) is 10.5 Å². The highest BCUT2D eigenvalue weighted by molar-refractivity contribution is 5.65. The second-order valence-corrected chi connectivity index (χ2v) is 9.66. The maximum Gasteiger partial charge on any atom is 0.166 e. The first-order chi connectivity index (χ1) is 16.2. The minimum Gasteiger partial charge on any atom is -0.485 e. The summed E-state index contributed by atoms with van der Waals surface area (Å²) in [5, 5.41) is 14.5. The van der Waals surface area contributed by atoms with E-state index in [-0.39, 0.29) is 0 Å². The lowest BCUT2D eigenvalue weighted by atomic mass is 10.1. The van der Waals surface area contributed by atoms with Crippen LogP contribution in [-0.4, -0.2) is 50.5 Å². The molecule has 1 saturated heterocycles. The molecule has 3 N–H and O–H groups in total. The van der Waals surface area contributed by atoms with Crippen molar-refractivity contribution < 1.29 is 9.84 Å². The Kier molecular flexibility index (Phi) is 6.92. The molecule has 4 rings (SSSR count). The van der Waals surface area contributed by atoms with Crippen molar-refractivity contribution in [2.24, 2.45) is 0 Å². The van der Waals surface area contributed by atoms with Crippen molar-refractivity contribution in [1.82, 2.24) is 19.7 Å². The van der Waals surface area contributed by atoms with Crippen molar-refractivity contribution in [2.45, 2.75) is 51.9 Å². The second-order valence-electron chi connectivity index (χ2n) is 9.66. The lowest BCUT2D eigenvalue weighted by Crippen LogP contribution is -2.31. The summed E-state index contributed by atoms with van der Waals surface area (Å²) in [5.74, 6) is 6.77. The van der Waals surface area contributed by atoms with Gasteiger partial charge in [0.2, 0.25) is 0 Å². The number of aliphatic hydroxyl groups is 1. The average molecular weight is 460 g/mol. The van der Waals surface area contributed by atoms with Crippen molar-refractivity contribution in [3.63, 3.8) is 0 Å². The van der Waals surface area contributed by atoms with Crippen LogP contribution in [0.1, 0.15) is 49.4 Å². The molecule has 1 aromatic carbocycles. The first-order valence-electron chi connectivity index (χ1n) is 11.6. The van der Waals surface area contributed by atoms with Crippen LogP contribution in [0, 0.1) is 18.8 Å². The molecule has 178 valence electrons. The molecule has 2 aromatic heterocycles. The van der Waals surface area contributed by atoms with Crippen molar-refractivity contribution in [1.29, 1.82) is 0 Å². The SMILES string of the molecule is Cc1cc(C#CC(C)(C)O)cc(COc2cc(-c3cnn(C4CCN(C)CC4)c3)cnc2N)c1. The van der Waals surface area contributed by atoms with E-state index in [2.05, 4.69) is 44.7 Å². The molecule has 0 bridgehead atoms. The van der Waals surface area contributed by atoms with Gasteiger partial charge < -0.3 is 20.5 Å². The summed E-state index contributed by atoms with van der Waals surface area (Å²) in [6, 6.07) is 8.35. The smallest absolute Gasteiger partial charge is 0.166 e. The topological polar surface area (TPSA) is 89.4 Å². The number of aromatic nitrogens is 3. The summed E-state index contributed by atoms with van der Waals surface area (Å²) in [6.45, 7) is 7.86. The molecule has 7 nitrogen and oxygen atoms in total. The minimum absolute atomic E-state index is 0.336. The van der Waals surface area contributed by atoms with Crippen LogP contribution >= 0.6 is 0 Å². The van der Waals surface area contributed by atoms with Gasteiger partial charge in [-0.2, -0.15) is 5.10 Å². The Hall–Kier alpha value is -3.34. The van der Waals surface area contributed by atoms with Gasteiger partial charge in [-0.3, -0.25) is 4.68 Å². The number of pyridine rings is 1. The predicted octanol–water partition coefficient (Wildman–Crippen LogP) is 3.80. The first kappa shape index (κ1) is 23.8. The second kappa shape index (κ2) is 9.88. The summed E-state index contributed by atoms with van der Waals surface area (Å²) in [6.07, 6.45) is 7.93. The number of nitrogen functional groups attached to an aromatic ring is 1. The van der Waals surface area contributed by atoms with Crippen LogP contribution in [0.15, 0.2) is 42.9 Å². The molecule has 0 atom stereocenters. The van der Waals surface area contributed by atoms with E-state index in [0.29, 0.717) is 24.2 Å². The van der Waals surface area contributed by atoms with E-state index in [0.717, 1.165) is 53.7 Å². The number of hydrogen-bond donors (Lipinski definition) is 2. The molecule has 0 radical (unpaired) electrons. The van der Waals surface area contributed by atoms with Gasteiger partial charge in [-0.05, 0) is 83.1 Å². The Morgan fingerprint density at radius 1 is 1.15 bits per heavy atom. The molecule has 34 heavy (non-hydrogen) atoms. The molecule has 0 spiro atoms. The van der Waals surface area contributed by atoms with Gasteiger partial charge in [0.05, 0.1) is 12.2 Å². The number of rotatable bonds is 5. The zero-order valence-corrected chi connectivity index (χ0v) is 20.4. The first-order valence-corrected chi connectivity index (χ1v) is 11.6. The van der Waals surface area contributed by atoms with E-state index in [1.165, 1.54) is 0 Å². The molecule has 1 aliphatic rings. The number of likely N-dealkylation sites (tertiary alicyclic amines) is 1. The number of nitrogens with zero attached hydrogens (tertiary/aromatic N) is 4. The highest BCUT2D eigenvalue weighted by Gasteiger charge is 2.19. The normalized spacial score (nSPS) is 15.1. The van der Waals surface area contributed by atoms with E-state index >= 15 is 0 Å². The van der Waals surface area contributed by atoms with Crippen LogP contribution in [0.4, 0.5) is 5.82 Å². The molecule has 0 aliphatic carbocycles. The van der Waals surface area contributed by atoms with E-state index in [1.54, 1.807) is 20.0 Å². The van der Waals surface area contributed by atoms with Crippen LogP contribution in [0.3, 0.4) is 0 Å². The maximum absolute atomic E-state index is 9.88. The third kappa shape index (κ3) is 6.16. The average Bonchev–Trinajstić information content (AvgIpc) is 3.27. The van der Waals surface area contributed by atoms with Gasteiger partial charge in [0.1, 0.15) is 12.2 Å². The fourth-order valence-electron chi connectivity index (χ4n) is 4.08. The summed E-state index contributed by atoms with van der Waals surface area (Å²) in [4.78, 5) is 6.70. The zero-order valence-electron chi connectivity index (χ0n) is 20.4. The fraction of sp³-hybridized carbons (Fsp3) is 0.407. The molecule has 1 aliphatic heterocycles. The summed E-state index contributed by atoms with van der Waals surface area (Å²) in [7, 11) is 2.16. The monoisotopic (exact) mass is 459 g/mol. The number of nitrogens with two attached hydrogens (primary N) is 1. The Bertz CT molecular complexity index is 1210. The number of anilines is 1. The van der Waals surface area contributed by atoms with E-state index < -0.39 is 5.60 Å². The number of hydrogen-bond acceptors (Lipinski definition) is 6. The predicted molar refractivity (Wildman–Crippen MR) is 134 cm³/mol. The van der Waals surface area contributed by atoms with Gasteiger partial charge in [-0.15, -0.1) is 0 Å². The number of piperidine rings is 1. The Balaban J connectivity index is 1.48. The largest absolute Gasteiger partial charge is 0.485 e. The van der Waals surface area contributed by atoms with Gasteiger partial charge in [-0.25, -0.2) is 4.98 Å². The fourth-order valence-corrected chi connectivity index (χ4v) is 4.08. The summed E-state index contributed by atoms with van der Waals surface area (Å²) in [5.41, 5.74) is 9.87. The van der Waals surface area contributed by atoms with Crippen LogP contribution < -0.4 is 10.5 Å². The molecular weight excluding hydrogens is 426 g/mol. The molecule has 1 fully saturated rings. The van der Waals surface area contributed by atoms with Gasteiger partial charge in [0, 0.05) is 29.1 Å². The molecular formula is C27H33N5O2. The third-order valence-electron chi connectivity index (χ3n) is 5.92. The highest BCUT2D eigenvalue weighted by Crippen LogP contribution is 2.29. The van der Waals surface area contributed by atoms with Crippen LogP contribution in [0.2, 0.25) is 0 Å². The van der Waals surface area contributed by atoms with Crippen molar-refractivity contribution in [3.05, 3.63) is 59.5 Å². The molecule has 0 unspecified atom stereocenters. The van der Waals surface area contributed by atoms with Gasteiger partial charge in [0.15, 0.2) is 11.6 Å². The van der Waals surface area contributed by atoms with Crippen LogP contribution in [0.5, 0.6) is 5.75 Å². The zero-order chi connectivity index (χ0) is 24.3. The van der Waals surface area contributed by atoms with Crippen molar-refractivity contribution in [2.75, 3.05) is 25.9 Å². The molecule has 3 aromatic rings. The van der Waals surface area contributed by atoms with Crippen LogP contribution in [0.25, 0.3) is 11.1 Å². The lowest BCUT2D eigenvalue weighted by molar-refractivity contribution is 0.143. The Labute approximate surface area is 201 Å². The minimum atomic E-state index is -1.04. The van der Waals surface area contributed by atoms with Crippen LogP contribution in [-0.2, 0) is 6.61 Å². The maximum atomic E-state index is 9.88. The van der Waals surface area contributed by atoms with Crippen molar-refractivity contribution in [3.8, 4) is 28.7 Å². The van der Waals surface area contributed by atoms with E-state index in [9.17, 15) is 5.11 Å². The van der Waals surface area contributed by atoms with Gasteiger partial charge in [-0.1, -0.05) is 17.9 Å². The van der Waals surface area contributed by atoms with Gasteiger partial charge >= 0.3 is 0 Å². The number of benzene rings is 1. The summed E-state index contributed by atoms with van der Waals surface area (Å²) < 4.78 is 8.13. The van der Waals surface area contributed by atoms with E-state index in [1.807, 2.05) is 37.4 Å². The standard InChI is InChI=1S/C27H33N5O2/c1-19-11-20(5-8-27(2,3)33)13-21(12-19)18-34-25-14-22(15-29-26(25)28)23-16-30-32(17-23)24-6-9-31(4)10-7-24/h11-17,24,33H,6-7,9-10,18H2,1-4H3,(H2,28,29). The van der Waals surface area contributed by atoms with Gasteiger partial charge in [0.25, 0.3) is 0 Å². The number of aryl methyl sites for hydroxylation is 1. The quantitative estimate of drug-likeness (QED) is 0.564. The third-order valence-corrected chi connectivity index (χ3v) is 5.92. The Morgan fingerprint density at radius 3 is 2.65 bits per heavy atom. The molecule has 0 amide bonds. The number of ether oxygens (including phenoxy) is 1. The summed E-state index contributed by atoms with van der Waals surface area (Å²) >= 11 is 0. The highest BCUT2D eigenvalue weighted by atomic mass is 16.5. The molecule has 0 saturated carbocycles.